The molecular formula is C16H24ClNO. The Morgan fingerprint density at radius 3 is 2.32 bits per heavy atom. The lowest BCUT2D eigenvalue weighted by atomic mass is 9.91. The van der Waals surface area contributed by atoms with E-state index >= 15 is 0 Å². The van der Waals surface area contributed by atoms with Crippen molar-refractivity contribution in [2.24, 2.45) is 0 Å². The van der Waals surface area contributed by atoms with Crippen molar-refractivity contribution >= 4 is 17.4 Å². The van der Waals surface area contributed by atoms with E-state index in [0.29, 0.717) is 11.4 Å². The van der Waals surface area contributed by atoms with E-state index in [1.54, 1.807) is 0 Å². The fourth-order valence-electron chi connectivity index (χ4n) is 2.38. The summed E-state index contributed by atoms with van der Waals surface area (Å²) in [5.41, 5.74) is 1.58. The first-order valence-corrected chi connectivity index (χ1v) is 7.24. The Labute approximate surface area is 121 Å². The zero-order chi connectivity index (χ0) is 14.6. The van der Waals surface area contributed by atoms with Gasteiger partial charge in [-0.1, -0.05) is 37.6 Å². The van der Waals surface area contributed by atoms with Gasteiger partial charge in [-0.25, -0.2) is 0 Å². The van der Waals surface area contributed by atoms with Crippen LogP contribution in [-0.2, 0) is 11.2 Å². The normalized spacial score (nSPS) is 11.9. The summed E-state index contributed by atoms with van der Waals surface area (Å²) in [6, 6.07) is 5.86. The van der Waals surface area contributed by atoms with Crippen LogP contribution in [0.1, 0.15) is 38.8 Å². The third-order valence-electron chi connectivity index (χ3n) is 3.80. The molecule has 0 fully saturated rings. The summed E-state index contributed by atoms with van der Waals surface area (Å²) in [6.07, 6.45) is 0.391. The van der Waals surface area contributed by atoms with Gasteiger partial charge in [0.25, 0.3) is 0 Å². The Balaban J connectivity index is 2.89. The highest BCUT2D eigenvalue weighted by molar-refractivity contribution is 6.31. The van der Waals surface area contributed by atoms with Crippen molar-refractivity contribution in [1.82, 2.24) is 4.90 Å². The Morgan fingerprint density at radius 2 is 1.84 bits per heavy atom. The fourth-order valence-corrected chi connectivity index (χ4v) is 2.68. The van der Waals surface area contributed by atoms with Gasteiger partial charge in [0.15, 0.2) is 5.78 Å². The lowest BCUT2D eigenvalue weighted by Gasteiger charge is -2.36. The predicted octanol–water partition coefficient (Wildman–Crippen LogP) is 3.88. The molecule has 0 saturated heterocycles. The largest absolute Gasteiger partial charge is 0.297 e. The van der Waals surface area contributed by atoms with Crippen LogP contribution in [0.4, 0.5) is 0 Å². The van der Waals surface area contributed by atoms with Gasteiger partial charge < -0.3 is 0 Å². The quantitative estimate of drug-likeness (QED) is 0.789. The third-order valence-corrected chi connectivity index (χ3v) is 4.15. The Kier molecular flexibility index (Phi) is 5.57. The van der Waals surface area contributed by atoms with Crippen molar-refractivity contribution in [3.05, 3.63) is 34.3 Å². The van der Waals surface area contributed by atoms with Crippen molar-refractivity contribution in [2.75, 3.05) is 13.1 Å². The van der Waals surface area contributed by atoms with Gasteiger partial charge in [-0.15, -0.1) is 0 Å². The second-order valence-corrected chi connectivity index (χ2v) is 5.83. The molecule has 0 aliphatic rings. The number of Topliss-reactive ketones (excluding diaryl/α,β-unsaturated/α-hetero) is 1. The van der Waals surface area contributed by atoms with Gasteiger partial charge in [-0.05, 0) is 51.1 Å². The second kappa shape index (κ2) is 6.53. The van der Waals surface area contributed by atoms with E-state index in [-0.39, 0.29) is 5.78 Å². The molecule has 0 saturated carbocycles. The van der Waals surface area contributed by atoms with Crippen molar-refractivity contribution < 1.29 is 4.79 Å². The van der Waals surface area contributed by atoms with Gasteiger partial charge >= 0.3 is 0 Å². The minimum Gasteiger partial charge on any atom is -0.297 e. The van der Waals surface area contributed by atoms with Gasteiger partial charge in [0, 0.05) is 11.4 Å². The summed E-state index contributed by atoms with van der Waals surface area (Å²) >= 11 is 6.21. The van der Waals surface area contributed by atoms with Gasteiger partial charge in [0.2, 0.25) is 0 Å². The van der Waals surface area contributed by atoms with Crippen LogP contribution in [0.3, 0.4) is 0 Å². The number of hydrogen-bond acceptors (Lipinski definition) is 2. The molecule has 0 aliphatic carbocycles. The van der Waals surface area contributed by atoms with Gasteiger partial charge in [-0.3, -0.25) is 9.69 Å². The highest BCUT2D eigenvalue weighted by atomic mass is 35.5. The zero-order valence-corrected chi connectivity index (χ0v) is 13.3. The Bertz CT molecular complexity index is 450. The average molecular weight is 282 g/mol. The van der Waals surface area contributed by atoms with Crippen LogP contribution in [-0.4, -0.2) is 29.3 Å². The first-order valence-electron chi connectivity index (χ1n) is 6.86. The third kappa shape index (κ3) is 3.80. The number of nitrogens with zero attached hydrogens (tertiary/aromatic N) is 1. The van der Waals surface area contributed by atoms with Crippen LogP contribution in [0.5, 0.6) is 0 Å². The highest BCUT2D eigenvalue weighted by Gasteiger charge is 2.32. The molecule has 1 aromatic rings. The van der Waals surface area contributed by atoms with Gasteiger partial charge in [0.1, 0.15) is 0 Å². The van der Waals surface area contributed by atoms with Crippen LogP contribution in [0.25, 0.3) is 0 Å². The maximum Gasteiger partial charge on any atom is 0.156 e. The number of hydrogen-bond donors (Lipinski definition) is 0. The standard InChI is InChI=1S/C16H24ClNO/c1-6-18(7-2)16(4,5)15(19)11-13-9-8-12(3)10-14(13)17/h8-10H,6-7,11H2,1-5H3. The second-order valence-electron chi connectivity index (χ2n) is 5.43. The topological polar surface area (TPSA) is 20.3 Å². The van der Waals surface area contributed by atoms with Gasteiger partial charge in [0.05, 0.1) is 5.54 Å². The molecule has 0 aliphatic heterocycles. The summed E-state index contributed by atoms with van der Waals surface area (Å²) in [7, 11) is 0. The number of benzene rings is 1. The van der Waals surface area contributed by atoms with Crippen molar-refractivity contribution in [3.63, 3.8) is 0 Å². The zero-order valence-electron chi connectivity index (χ0n) is 12.6. The maximum atomic E-state index is 12.5. The molecular weight excluding hydrogens is 258 g/mol. The summed E-state index contributed by atoms with van der Waals surface area (Å²) in [5, 5.41) is 0.684. The molecule has 2 nitrogen and oxygen atoms in total. The average Bonchev–Trinajstić information content (AvgIpc) is 2.33. The number of likely N-dealkylation sites (N-methyl/N-ethyl adjacent to an activating group) is 1. The van der Waals surface area contributed by atoms with Crippen molar-refractivity contribution in [3.8, 4) is 0 Å². The van der Waals surface area contributed by atoms with Crippen molar-refractivity contribution in [2.45, 2.75) is 46.6 Å². The molecule has 0 heterocycles. The fraction of sp³-hybridized carbons (Fsp3) is 0.562. The molecule has 0 unspecified atom stereocenters. The maximum absolute atomic E-state index is 12.5. The Hall–Kier alpha value is -0.860. The van der Waals surface area contributed by atoms with Crippen molar-refractivity contribution in [1.29, 1.82) is 0 Å². The van der Waals surface area contributed by atoms with E-state index < -0.39 is 5.54 Å². The van der Waals surface area contributed by atoms with Crippen LogP contribution < -0.4 is 0 Å². The van der Waals surface area contributed by atoms with E-state index in [0.717, 1.165) is 24.2 Å². The molecule has 19 heavy (non-hydrogen) atoms. The number of rotatable bonds is 6. The predicted molar refractivity (Wildman–Crippen MR) is 81.9 cm³/mol. The number of aryl methyl sites for hydroxylation is 1. The molecule has 1 rings (SSSR count). The molecule has 0 N–H and O–H groups in total. The van der Waals surface area contributed by atoms with Crippen LogP contribution in [0.15, 0.2) is 18.2 Å². The van der Waals surface area contributed by atoms with Crippen LogP contribution in [0.2, 0.25) is 5.02 Å². The molecule has 0 aromatic heterocycles. The number of carbonyl (C=O) groups is 1. The van der Waals surface area contributed by atoms with Crippen LogP contribution >= 0.6 is 11.6 Å². The van der Waals surface area contributed by atoms with E-state index in [9.17, 15) is 4.79 Å². The molecule has 0 amide bonds. The molecule has 106 valence electrons. The van der Waals surface area contributed by atoms with E-state index in [1.807, 2.05) is 39.0 Å². The number of ketones is 1. The molecule has 0 bridgehead atoms. The summed E-state index contributed by atoms with van der Waals surface area (Å²) < 4.78 is 0. The van der Waals surface area contributed by atoms with E-state index in [2.05, 4.69) is 18.7 Å². The van der Waals surface area contributed by atoms with Gasteiger partial charge in [-0.2, -0.15) is 0 Å². The molecule has 0 radical (unpaired) electrons. The summed E-state index contributed by atoms with van der Waals surface area (Å²) in [5.74, 6) is 0.210. The smallest absolute Gasteiger partial charge is 0.156 e. The monoisotopic (exact) mass is 281 g/mol. The lowest BCUT2D eigenvalue weighted by molar-refractivity contribution is -0.128. The molecule has 0 atom stereocenters. The van der Waals surface area contributed by atoms with E-state index in [1.165, 1.54) is 0 Å². The first-order chi connectivity index (χ1) is 8.82. The lowest BCUT2D eigenvalue weighted by Crippen LogP contribution is -2.50. The molecule has 1 aromatic carbocycles. The summed E-state index contributed by atoms with van der Waals surface area (Å²) in [4.78, 5) is 14.7. The minimum atomic E-state index is -0.447. The minimum absolute atomic E-state index is 0.210. The van der Waals surface area contributed by atoms with Crippen LogP contribution in [0, 0.1) is 6.92 Å². The molecule has 3 heteroatoms. The highest BCUT2D eigenvalue weighted by Crippen LogP contribution is 2.22. The Morgan fingerprint density at radius 1 is 1.26 bits per heavy atom. The molecule has 0 spiro atoms. The number of halogens is 1. The number of carbonyl (C=O) groups excluding carboxylic acids is 1. The van der Waals surface area contributed by atoms with E-state index in [4.69, 9.17) is 11.6 Å². The SMILES string of the molecule is CCN(CC)C(C)(C)C(=O)Cc1ccc(C)cc1Cl. The summed E-state index contributed by atoms with van der Waals surface area (Å²) in [6.45, 7) is 11.9. The first kappa shape index (κ1) is 16.2.